The SMILES string of the molecule is Cc1ccc(C(=O)NCCCCn2c(-c3ccc(O)cc3)c(C)c3cc(O)ccc32)cc1. The third-order valence-electron chi connectivity index (χ3n) is 5.85. The Bertz CT molecular complexity index is 1240. The van der Waals surface area contributed by atoms with Gasteiger partial charge in [-0.05, 0) is 92.4 Å². The van der Waals surface area contributed by atoms with E-state index < -0.39 is 0 Å². The van der Waals surface area contributed by atoms with Crippen LogP contribution in [0, 0.1) is 13.8 Å². The molecule has 3 N–H and O–H groups in total. The lowest BCUT2D eigenvalue weighted by Gasteiger charge is -2.13. The topological polar surface area (TPSA) is 74.5 Å². The molecule has 4 aromatic rings. The Balaban J connectivity index is 1.48. The summed E-state index contributed by atoms with van der Waals surface area (Å²) < 4.78 is 2.26. The van der Waals surface area contributed by atoms with Crippen molar-refractivity contribution in [2.24, 2.45) is 0 Å². The molecule has 0 atom stereocenters. The molecule has 1 aromatic heterocycles. The van der Waals surface area contributed by atoms with Crippen LogP contribution in [0.25, 0.3) is 22.2 Å². The summed E-state index contributed by atoms with van der Waals surface area (Å²) in [5.41, 5.74) is 6.06. The van der Waals surface area contributed by atoms with Crippen molar-refractivity contribution in [3.8, 4) is 22.8 Å². The third-order valence-corrected chi connectivity index (χ3v) is 5.85. The molecule has 0 aliphatic carbocycles. The van der Waals surface area contributed by atoms with Gasteiger partial charge in [0.25, 0.3) is 5.91 Å². The monoisotopic (exact) mass is 428 g/mol. The van der Waals surface area contributed by atoms with Gasteiger partial charge in [0.15, 0.2) is 0 Å². The van der Waals surface area contributed by atoms with Gasteiger partial charge in [-0.25, -0.2) is 0 Å². The van der Waals surface area contributed by atoms with Crippen molar-refractivity contribution in [3.05, 3.63) is 83.4 Å². The molecule has 0 radical (unpaired) electrons. The Labute approximate surface area is 188 Å². The summed E-state index contributed by atoms with van der Waals surface area (Å²) >= 11 is 0. The van der Waals surface area contributed by atoms with Crippen molar-refractivity contribution in [3.63, 3.8) is 0 Å². The quantitative estimate of drug-likeness (QED) is 0.338. The summed E-state index contributed by atoms with van der Waals surface area (Å²) in [6.07, 6.45) is 1.74. The van der Waals surface area contributed by atoms with Crippen LogP contribution in [-0.2, 0) is 6.54 Å². The molecule has 0 saturated carbocycles. The predicted octanol–water partition coefficient (Wildman–Crippen LogP) is 5.55. The average Bonchev–Trinajstić information content (AvgIpc) is 3.05. The molecular formula is C27H28N2O3. The number of phenols is 2. The fraction of sp³-hybridized carbons (Fsp3) is 0.222. The molecule has 1 heterocycles. The highest BCUT2D eigenvalue weighted by molar-refractivity contribution is 5.94. The van der Waals surface area contributed by atoms with Crippen LogP contribution in [0.15, 0.2) is 66.7 Å². The number of nitrogens with one attached hydrogen (secondary N) is 1. The van der Waals surface area contributed by atoms with Gasteiger partial charge < -0.3 is 20.1 Å². The first kappa shape index (κ1) is 21.5. The number of phenolic OH excluding ortho intramolecular Hbond substituents is 2. The summed E-state index contributed by atoms with van der Waals surface area (Å²) in [4.78, 5) is 12.3. The molecule has 0 spiro atoms. The number of nitrogens with zero attached hydrogens (tertiary/aromatic N) is 1. The first-order valence-electron chi connectivity index (χ1n) is 10.9. The number of carbonyl (C=O) groups is 1. The summed E-state index contributed by atoms with van der Waals surface area (Å²) in [5, 5.41) is 23.7. The Morgan fingerprint density at radius 1 is 0.875 bits per heavy atom. The average molecular weight is 429 g/mol. The molecule has 0 aliphatic rings. The van der Waals surface area contributed by atoms with Crippen LogP contribution >= 0.6 is 0 Å². The van der Waals surface area contributed by atoms with Gasteiger partial charge in [-0.2, -0.15) is 0 Å². The highest BCUT2D eigenvalue weighted by Crippen LogP contribution is 2.35. The van der Waals surface area contributed by atoms with Gasteiger partial charge in [-0.1, -0.05) is 17.7 Å². The van der Waals surface area contributed by atoms with Gasteiger partial charge in [-0.3, -0.25) is 4.79 Å². The zero-order valence-corrected chi connectivity index (χ0v) is 18.4. The molecule has 3 aromatic carbocycles. The van der Waals surface area contributed by atoms with Crippen molar-refractivity contribution in [2.45, 2.75) is 33.2 Å². The van der Waals surface area contributed by atoms with E-state index in [4.69, 9.17) is 0 Å². The molecule has 32 heavy (non-hydrogen) atoms. The molecule has 0 aliphatic heterocycles. The second-order valence-corrected chi connectivity index (χ2v) is 8.20. The van der Waals surface area contributed by atoms with Crippen molar-refractivity contribution in [1.29, 1.82) is 0 Å². The van der Waals surface area contributed by atoms with Gasteiger partial charge in [0.2, 0.25) is 0 Å². The van der Waals surface area contributed by atoms with Crippen LogP contribution in [0.4, 0.5) is 0 Å². The smallest absolute Gasteiger partial charge is 0.251 e. The fourth-order valence-electron chi connectivity index (χ4n) is 4.14. The van der Waals surface area contributed by atoms with E-state index in [9.17, 15) is 15.0 Å². The number of hydrogen-bond acceptors (Lipinski definition) is 3. The number of benzene rings is 3. The van der Waals surface area contributed by atoms with E-state index >= 15 is 0 Å². The zero-order chi connectivity index (χ0) is 22.7. The lowest BCUT2D eigenvalue weighted by atomic mass is 10.1. The largest absolute Gasteiger partial charge is 0.508 e. The standard InChI is InChI=1S/C27H28N2O3/c1-18-5-7-21(8-6-18)27(32)28-15-3-4-16-29-25-14-13-23(31)17-24(25)19(2)26(29)20-9-11-22(30)12-10-20/h5-14,17,30-31H,3-4,15-16H2,1-2H3,(H,28,32). The number of fused-ring (bicyclic) bond motifs is 1. The van der Waals surface area contributed by atoms with Crippen LogP contribution in [0.2, 0.25) is 0 Å². The number of unbranched alkanes of at least 4 members (excludes halogenated alkanes) is 1. The number of aryl methyl sites for hydroxylation is 3. The minimum atomic E-state index is -0.0486. The molecule has 5 heteroatoms. The van der Waals surface area contributed by atoms with Gasteiger partial charge in [-0.15, -0.1) is 0 Å². The number of amides is 1. The van der Waals surface area contributed by atoms with Gasteiger partial charge in [0, 0.05) is 29.6 Å². The van der Waals surface area contributed by atoms with Crippen LogP contribution in [0.3, 0.4) is 0 Å². The molecule has 0 saturated heterocycles. The zero-order valence-electron chi connectivity index (χ0n) is 18.4. The van der Waals surface area contributed by atoms with Crippen LogP contribution < -0.4 is 5.32 Å². The van der Waals surface area contributed by atoms with Crippen LogP contribution in [0.1, 0.15) is 34.3 Å². The maximum Gasteiger partial charge on any atom is 0.251 e. The van der Waals surface area contributed by atoms with Gasteiger partial charge in [0.1, 0.15) is 11.5 Å². The van der Waals surface area contributed by atoms with E-state index in [1.807, 2.05) is 49.4 Å². The van der Waals surface area contributed by atoms with Gasteiger partial charge in [0.05, 0.1) is 5.69 Å². The van der Waals surface area contributed by atoms with E-state index in [-0.39, 0.29) is 17.4 Å². The summed E-state index contributed by atoms with van der Waals surface area (Å²) in [6, 6.07) is 20.2. The van der Waals surface area contributed by atoms with E-state index in [1.165, 1.54) is 0 Å². The van der Waals surface area contributed by atoms with E-state index in [0.29, 0.717) is 12.1 Å². The second kappa shape index (κ2) is 9.18. The fourth-order valence-corrected chi connectivity index (χ4v) is 4.14. The number of rotatable bonds is 7. The summed E-state index contributed by atoms with van der Waals surface area (Å²) in [5.74, 6) is 0.428. The van der Waals surface area contributed by atoms with Crippen molar-refractivity contribution in [1.82, 2.24) is 9.88 Å². The summed E-state index contributed by atoms with van der Waals surface area (Å²) in [7, 11) is 0. The Kier molecular flexibility index (Phi) is 6.17. The minimum Gasteiger partial charge on any atom is -0.508 e. The Morgan fingerprint density at radius 2 is 1.56 bits per heavy atom. The minimum absolute atomic E-state index is 0.0486. The Morgan fingerprint density at radius 3 is 2.28 bits per heavy atom. The first-order chi connectivity index (χ1) is 15.4. The molecule has 1 amide bonds. The number of hydrogen-bond donors (Lipinski definition) is 3. The molecule has 0 fully saturated rings. The third kappa shape index (κ3) is 4.47. The maximum absolute atomic E-state index is 12.3. The Hall–Kier alpha value is -3.73. The van der Waals surface area contributed by atoms with E-state index in [1.54, 1.807) is 24.3 Å². The second-order valence-electron chi connectivity index (χ2n) is 8.20. The lowest BCUT2D eigenvalue weighted by Crippen LogP contribution is -2.24. The van der Waals surface area contributed by atoms with E-state index in [0.717, 1.165) is 52.7 Å². The molecule has 4 rings (SSSR count). The highest BCUT2D eigenvalue weighted by atomic mass is 16.3. The highest BCUT2D eigenvalue weighted by Gasteiger charge is 2.16. The van der Waals surface area contributed by atoms with E-state index in [2.05, 4.69) is 16.8 Å². The van der Waals surface area contributed by atoms with Crippen LogP contribution in [-0.4, -0.2) is 27.2 Å². The van der Waals surface area contributed by atoms with Gasteiger partial charge >= 0.3 is 0 Å². The summed E-state index contributed by atoms with van der Waals surface area (Å²) in [6.45, 7) is 5.45. The normalized spacial score (nSPS) is 11.1. The predicted molar refractivity (Wildman–Crippen MR) is 128 cm³/mol. The first-order valence-corrected chi connectivity index (χ1v) is 10.9. The lowest BCUT2D eigenvalue weighted by molar-refractivity contribution is 0.0953. The molecule has 164 valence electrons. The molecular weight excluding hydrogens is 400 g/mol. The molecule has 0 bridgehead atoms. The maximum atomic E-state index is 12.3. The number of aromatic hydroxyl groups is 2. The molecule has 5 nitrogen and oxygen atoms in total. The van der Waals surface area contributed by atoms with Crippen LogP contribution in [0.5, 0.6) is 11.5 Å². The number of carbonyl (C=O) groups excluding carboxylic acids is 1. The van der Waals surface area contributed by atoms with Crippen molar-refractivity contribution in [2.75, 3.05) is 6.54 Å². The van der Waals surface area contributed by atoms with Crippen molar-refractivity contribution >= 4 is 16.8 Å². The van der Waals surface area contributed by atoms with Crippen molar-refractivity contribution < 1.29 is 15.0 Å². The molecule has 0 unspecified atom stereocenters. The number of aromatic nitrogens is 1.